The molecule has 0 saturated heterocycles. The van der Waals surface area contributed by atoms with Gasteiger partial charge in [-0.25, -0.2) is 4.57 Å². The Labute approximate surface area is 74.7 Å². The topological polar surface area (TPSA) is 77.8 Å². The second kappa shape index (κ2) is 5.30. The van der Waals surface area contributed by atoms with E-state index in [0.717, 1.165) is 5.02 Å². The van der Waals surface area contributed by atoms with Crippen molar-refractivity contribution in [3.05, 3.63) is 35.4 Å². The highest BCUT2D eigenvalue weighted by Crippen LogP contribution is 2.25. The average Bonchev–Trinajstić information content (AvgIpc) is 1.85. The summed E-state index contributed by atoms with van der Waals surface area (Å²) >= 11 is 5.54. The fraction of sp³-hybridized carbons (Fsp3) is 0. The van der Waals surface area contributed by atoms with Gasteiger partial charge in [-0.2, -0.15) is 0 Å². The summed E-state index contributed by atoms with van der Waals surface area (Å²) in [5, 5.41) is 0.794. The highest BCUT2D eigenvalue weighted by Gasteiger charge is 2.00. The van der Waals surface area contributed by atoms with Gasteiger partial charge >= 0.3 is 7.82 Å². The Morgan fingerprint density at radius 1 is 1.08 bits per heavy atom. The normalized spacial score (nSPS) is 10.0. The van der Waals surface area contributed by atoms with Gasteiger partial charge < -0.3 is 14.7 Å². The van der Waals surface area contributed by atoms with E-state index in [2.05, 4.69) is 0 Å². The van der Waals surface area contributed by atoms with Crippen LogP contribution in [0.4, 0.5) is 0 Å². The Morgan fingerprint density at radius 2 is 1.42 bits per heavy atom. The summed E-state index contributed by atoms with van der Waals surface area (Å²) in [4.78, 5) is 21.6. The van der Waals surface area contributed by atoms with Gasteiger partial charge in [-0.15, -0.1) is 0 Å². The lowest BCUT2D eigenvalue weighted by atomic mass is 10.4. The van der Waals surface area contributed by atoms with Crippen LogP contribution >= 0.6 is 19.4 Å². The molecule has 6 heteroatoms. The van der Waals surface area contributed by atoms with Crippen molar-refractivity contribution in [2.45, 2.75) is 0 Å². The molecular weight excluding hydrogens is 202 g/mol. The number of rotatable bonds is 0. The van der Waals surface area contributed by atoms with E-state index < -0.39 is 7.82 Å². The lowest BCUT2D eigenvalue weighted by Crippen LogP contribution is -1.66. The fourth-order valence-corrected chi connectivity index (χ4v) is 0.560. The third-order valence-electron chi connectivity index (χ3n) is 0.733. The first-order chi connectivity index (χ1) is 5.39. The number of phosphoric acid groups is 1. The molecule has 0 fully saturated rings. The molecule has 0 heterocycles. The second-order valence-electron chi connectivity index (χ2n) is 1.81. The fourth-order valence-electron chi connectivity index (χ4n) is 0.415. The Hall–Kier alpha value is -0.380. The van der Waals surface area contributed by atoms with Crippen LogP contribution in [0.15, 0.2) is 30.3 Å². The van der Waals surface area contributed by atoms with Crippen LogP contribution in [0.25, 0.3) is 0 Å². The third-order valence-corrected chi connectivity index (χ3v) is 0.985. The zero-order chi connectivity index (χ0) is 9.61. The van der Waals surface area contributed by atoms with Crippen molar-refractivity contribution >= 4 is 19.4 Å². The molecule has 0 aliphatic carbocycles. The van der Waals surface area contributed by atoms with Crippen LogP contribution in [0, 0.1) is 0 Å². The van der Waals surface area contributed by atoms with Gasteiger partial charge in [0.05, 0.1) is 0 Å². The first-order valence-electron chi connectivity index (χ1n) is 2.88. The monoisotopic (exact) mass is 210 g/mol. The minimum absolute atomic E-state index is 0.794. The highest BCUT2D eigenvalue weighted by atomic mass is 35.5. The molecule has 0 aliphatic heterocycles. The SMILES string of the molecule is Clc1ccccc1.O=P(O)(O)O. The van der Waals surface area contributed by atoms with E-state index in [9.17, 15) is 0 Å². The van der Waals surface area contributed by atoms with Crippen molar-refractivity contribution in [1.82, 2.24) is 0 Å². The standard InChI is InChI=1S/C6H5Cl.H3O4P/c7-6-4-2-1-3-5-6;1-5(2,3)4/h1-5H;(H3,1,2,3,4). The van der Waals surface area contributed by atoms with Crippen LogP contribution in [0.1, 0.15) is 0 Å². The Balaban J connectivity index is 0.000000217. The van der Waals surface area contributed by atoms with Crippen LogP contribution < -0.4 is 0 Å². The maximum absolute atomic E-state index is 8.88. The van der Waals surface area contributed by atoms with Crippen LogP contribution in [0.5, 0.6) is 0 Å². The van der Waals surface area contributed by atoms with Crippen molar-refractivity contribution in [3.63, 3.8) is 0 Å². The number of benzene rings is 1. The van der Waals surface area contributed by atoms with Crippen molar-refractivity contribution in [2.24, 2.45) is 0 Å². The Kier molecular flexibility index (Phi) is 5.13. The van der Waals surface area contributed by atoms with Crippen molar-refractivity contribution < 1.29 is 19.2 Å². The van der Waals surface area contributed by atoms with Crippen LogP contribution in [-0.4, -0.2) is 14.7 Å². The predicted molar refractivity (Wildman–Crippen MR) is 45.7 cm³/mol. The summed E-state index contributed by atoms with van der Waals surface area (Å²) in [7, 11) is -4.64. The molecule has 1 aromatic carbocycles. The van der Waals surface area contributed by atoms with E-state index in [-0.39, 0.29) is 0 Å². The molecule has 12 heavy (non-hydrogen) atoms. The van der Waals surface area contributed by atoms with Crippen molar-refractivity contribution in [2.75, 3.05) is 0 Å². The zero-order valence-electron chi connectivity index (χ0n) is 5.96. The molecule has 3 N–H and O–H groups in total. The van der Waals surface area contributed by atoms with E-state index >= 15 is 0 Å². The molecular formula is C6H8ClO4P. The lowest BCUT2D eigenvalue weighted by Gasteiger charge is -1.82. The second-order valence-corrected chi connectivity index (χ2v) is 3.27. The molecule has 0 aliphatic rings. The van der Waals surface area contributed by atoms with Crippen LogP contribution in [-0.2, 0) is 4.57 Å². The van der Waals surface area contributed by atoms with E-state index in [1.54, 1.807) is 0 Å². The summed E-state index contributed by atoms with van der Waals surface area (Å²) in [6.45, 7) is 0. The minimum atomic E-state index is -4.64. The summed E-state index contributed by atoms with van der Waals surface area (Å²) in [6.07, 6.45) is 0. The van der Waals surface area contributed by atoms with Gasteiger partial charge in [-0.1, -0.05) is 29.8 Å². The van der Waals surface area contributed by atoms with Gasteiger partial charge in [0.15, 0.2) is 0 Å². The van der Waals surface area contributed by atoms with Gasteiger partial charge in [0, 0.05) is 5.02 Å². The number of hydrogen-bond acceptors (Lipinski definition) is 1. The molecule has 68 valence electrons. The average molecular weight is 211 g/mol. The summed E-state index contributed by atoms with van der Waals surface area (Å²) in [5.74, 6) is 0. The molecule has 0 radical (unpaired) electrons. The zero-order valence-corrected chi connectivity index (χ0v) is 7.61. The maximum atomic E-state index is 8.88. The van der Waals surface area contributed by atoms with E-state index in [1.165, 1.54) is 0 Å². The van der Waals surface area contributed by atoms with Gasteiger partial charge in [-0.05, 0) is 12.1 Å². The first-order valence-corrected chi connectivity index (χ1v) is 4.83. The van der Waals surface area contributed by atoms with E-state index in [1.807, 2.05) is 30.3 Å². The third kappa shape index (κ3) is 12.3. The summed E-state index contributed by atoms with van der Waals surface area (Å²) < 4.78 is 8.88. The Morgan fingerprint density at radius 3 is 1.58 bits per heavy atom. The van der Waals surface area contributed by atoms with Gasteiger partial charge in [0.25, 0.3) is 0 Å². The number of halogens is 1. The summed E-state index contributed by atoms with van der Waals surface area (Å²) in [5.41, 5.74) is 0. The smallest absolute Gasteiger partial charge is 0.303 e. The van der Waals surface area contributed by atoms with Gasteiger partial charge in [-0.3, -0.25) is 0 Å². The van der Waals surface area contributed by atoms with E-state index in [4.69, 9.17) is 30.8 Å². The first kappa shape index (κ1) is 11.6. The molecule has 0 bridgehead atoms. The van der Waals surface area contributed by atoms with Gasteiger partial charge in [0.1, 0.15) is 0 Å². The Bertz CT molecular complexity index is 249. The summed E-state index contributed by atoms with van der Waals surface area (Å²) in [6, 6.07) is 9.44. The molecule has 4 nitrogen and oxygen atoms in total. The molecule has 1 rings (SSSR count). The van der Waals surface area contributed by atoms with E-state index in [0.29, 0.717) is 0 Å². The van der Waals surface area contributed by atoms with Gasteiger partial charge in [0.2, 0.25) is 0 Å². The maximum Gasteiger partial charge on any atom is 0.466 e. The molecule has 0 saturated carbocycles. The molecule has 0 spiro atoms. The van der Waals surface area contributed by atoms with Crippen LogP contribution in [0.2, 0.25) is 5.02 Å². The largest absolute Gasteiger partial charge is 0.466 e. The van der Waals surface area contributed by atoms with Crippen LogP contribution in [0.3, 0.4) is 0 Å². The minimum Gasteiger partial charge on any atom is -0.303 e. The lowest BCUT2D eigenvalue weighted by molar-refractivity contribution is 0.275. The molecule has 1 aromatic rings. The molecule has 0 amide bonds. The quantitative estimate of drug-likeness (QED) is 0.566. The molecule has 0 aromatic heterocycles. The predicted octanol–water partition coefficient (Wildman–Crippen LogP) is 1.41. The van der Waals surface area contributed by atoms with Crippen molar-refractivity contribution in [1.29, 1.82) is 0 Å². The number of hydrogen-bond donors (Lipinski definition) is 3. The highest BCUT2D eigenvalue weighted by molar-refractivity contribution is 7.45. The molecule has 0 unspecified atom stereocenters. The molecule has 0 atom stereocenters. The van der Waals surface area contributed by atoms with Crippen molar-refractivity contribution in [3.8, 4) is 0 Å².